The number of amides is 1. The average molecular weight is 264 g/mol. The van der Waals surface area contributed by atoms with E-state index < -0.39 is 0 Å². The fourth-order valence-electron chi connectivity index (χ4n) is 2.16. The Kier molecular flexibility index (Phi) is 4.30. The van der Waals surface area contributed by atoms with Crippen LogP contribution in [-0.4, -0.2) is 23.5 Å². The van der Waals surface area contributed by atoms with Crippen LogP contribution in [0, 0.1) is 0 Å². The van der Waals surface area contributed by atoms with Gasteiger partial charge < -0.3 is 11.1 Å². The lowest BCUT2D eigenvalue weighted by Gasteiger charge is -2.40. The molecule has 0 heterocycles. The molecule has 98 valence electrons. The third-order valence-electron chi connectivity index (χ3n) is 3.72. The minimum absolute atomic E-state index is 0.0129. The zero-order valence-electron chi connectivity index (χ0n) is 10.7. The van der Waals surface area contributed by atoms with Gasteiger partial charge in [0.2, 0.25) is 0 Å². The zero-order valence-corrected chi connectivity index (χ0v) is 11.6. The Morgan fingerprint density at radius 3 is 2.50 bits per heavy atom. The number of carbonyl (C=O) groups excluding carboxylic acids is 1. The van der Waals surface area contributed by atoms with E-state index in [-0.39, 0.29) is 10.7 Å². The predicted octanol–water partition coefficient (Wildman–Crippen LogP) is 2.16. The standard InChI is InChI=1S/C14H20N2OS/c1-18-14(7-2-8-14)10-16-13(17)12-5-3-11(9-15)4-6-12/h3-6H,2,7-10,15H2,1H3,(H,16,17). The first-order chi connectivity index (χ1) is 8.69. The number of hydrogen-bond acceptors (Lipinski definition) is 3. The monoisotopic (exact) mass is 264 g/mol. The Bertz CT molecular complexity index is 407. The van der Waals surface area contributed by atoms with E-state index in [9.17, 15) is 4.79 Å². The Labute approximate surface area is 113 Å². The molecule has 1 aliphatic carbocycles. The lowest BCUT2D eigenvalue weighted by molar-refractivity contribution is 0.0944. The van der Waals surface area contributed by atoms with Crippen molar-refractivity contribution >= 4 is 17.7 Å². The average Bonchev–Trinajstić information content (AvgIpc) is 2.38. The third-order valence-corrected chi connectivity index (χ3v) is 5.14. The Morgan fingerprint density at radius 1 is 1.39 bits per heavy atom. The summed E-state index contributed by atoms with van der Waals surface area (Å²) in [4.78, 5) is 12.0. The fraction of sp³-hybridized carbons (Fsp3) is 0.500. The van der Waals surface area contributed by atoms with Crippen molar-refractivity contribution in [2.75, 3.05) is 12.8 Å². The van der Waals surface area contributed by atoms with Crippen molar-refractivity contribution in [3.8, 4) is 0 Å². The summed E-state index contributed by atoms with van der Waals surface area (Å²) in [6.07, 6.45) is 5.82. The van der Waals surface area contributed by atoms with Crippen LogP contribution < -0.4 is 11.1 Å². The maximum atomic E-state index is 12.0. The van der Waals surface area contributed by atoms with E-state index in [4.69, 9.17) is 5.73 Å². The van der Waals surface area contributed by atoms with Crippen LogP contribution in [-0.2, 0) is 6.54 Å². The van der Waals surface area contributed by atoms with Gasteiger partial charge in [-0.3, -0.25) is 4.79 Å². The molecule has 1 amide bonds. The Hall–Kier alpha value is -1.00. The number of nitrogens with one attached hydrogen (secondary N) is 1. The van der Waals surface area contributed by atoms with Crippen LogP contribution in [0.25, 0.3) is 0 Å². The topological polar surface area (TPSA) is 55.1 Å². The van der Waals surface area contributed by atoms with Crippen LogP contribution in [0.4, 0.5) is 0 Å². The third kappa shape index (κ3) is 2.87. The van der Waals surface area contributed by atoms with Gasteiger partial charge >= 0.3 is 0 Å². The number of thioether (sulfide) groups is 1. The van der Waals surface area contributed by atoms with Gasteiger partial charge in [0, 0.05) is 23.4 Å². The first kappa shape index (κ1) is 13.4. The molecule has 0 aliphatic heterocycles. The predicted molar refractivity (Wildman–Crippen MR) is 76.8 cm³/mol. The number of hydrogen-bond donors (Lipinski definition) is 2. The van der Waals surface area contributed by atoms with Crippen molar-refractivity contribution in [1.29, 1.82) is 0 Å². The van der Waals surface area contributed by atoms with E-state index in [1.54, 1.807) is 0 Å². The zero-order chi connectivity index (χ0) is 13.0. The highest BCUT2D eigenvalue weighted by Gasteiger charge is 2.36. The van der Waals surface area contributed by atoms with Crippen LogP contribution >= 0.6 is 11.8 Å². The molecular formula is C14H20N2OS. The molecule has 0 atom stereocenters. The van der Waals surface area contributed by atoms with Crippen molar-refractivity contribution in [2.24, 2.45) is 5.73 Å². The molecule has 1 aliphatic rings. The van der Waals surface area contributed by atoms with Gasteiger partial charge in [-0.25, -0.2) is 0 Å². The highest BCUT2D eigenvalue weighted by Crippen LogP contribution is 2.42. The van der Waals surface area contributed by atoms with Crippen molar-refractivity contribution in [1.82, 2.24) is 5.32 Å². The number of carbonyl (C=O) groups is 1. The minimum Gasteiger partial charge on any atom is -0.351 e. The fourth-order valence-corrected chi connectivity index (χ4v) is 3.07. The number of rotatable bonds is 5. The van der Waals surface area contributed by atoms with Crippen LogP contribution in [0.15, 0.2) is 24.3 Å². The van der Waals surface area contributed by atoms with Crippen LogP contribution in [0.2, 0.25) is 0 Å². The van der Waals surface area contributed by atoms with E-state index in [1.807, 2.05) is 36.0 Å². The van der Waals surface area contributed by atoms with E-state index in [0.29, 0.717) is 12.1 Å². The number of nitrogens with two attached hydrogens (primary N) is 1. The molecule has 1 saturated carbocycles. The van der Waals surface area contributed by atoms with Gasteiger partial charge in [0.1, 0.15) is 0 Å². The summed E-state index contributed by atoms with van der Waals surface area (Å²) in [5.74, 6) is 0.0129. The maximum Gasteiger partial charge on any atom is 0.251 e. The number of benzene rings is 1. The molecule has 0 bridgehead atoms. The SMILES string of the molecule is CSC1(CNC(=O)c2ccc(CN)cc2)CCC1. The second-order valence-electron chi connectivity index (χ2n) is 4.82. The lowest BCUT2D eigenvalue weighted by Crippen LogP contribution is -2.45. The largest absolute Gasteiger partial charge is 0.351 e. The van der Waals surface area contributed by atoms with Crippen molar-refractivity contribution in [3.05, 3.63) is 35.4 Å². The quantitative estimate of drug-likeness (QED) is 0.857. The smallest absolute Gasteiger partial charge is 0.251 e. The highest BCUT2D eigenvalue weighted by atomic mass is 32.2. The molecule has 1 fully saturated rings. The van der Waals surface area contributed by atoms with E-state index >= 15 is 0 Å². The van der Waals surface area contributed by atoms with E-state index in [2.05, 4.69) is 11.6 Å². The van der Waals surface area contributed by atoms with Gasteiger partial charge in [-0.15, -0.1) is 0 Å². The molecule has 4 heteroatoms. The summed E-state index contributed by atoms with van der Waals surface area (Å²) in [6, 6.07) is 7.49. The van der Waals surface area contributed by atoms with Crippen molar-refractivity contribution in [3.63, 3.8) is 0 Å². The highest BCUT2D eigenvalue weighted by molar-refractivity contribution is 8.00. The molecule has 0 spiro atoms. The van der Waals surface area contributed by atoms with Gasteiger partial charge in [-0.1, -0.05) is 18.6 Å². The molecule has 1 aromatic rings. The van der Waals surface area contributed by atoms with Gasteiger partial charge in [0.25, 0.3) is 5.91 Å². The van der Waals surface area contributed by atoms with Crippen molar-refractivity contribution < 1.29 is 4.79 Å². The molecule has 3 N–H and O–H groups in total. The Morgan fingerprint density at radius 2 is 2.06 bits per heavy atom. The molecule has 2 rings (SSSR count). The van der Waals surface area contributed by atoms with Gasteiger partial charge in [-0.05, 0) is 36.8 Å². The van der Waals surface area contributed by atoms with Gasteiger partial charge in [0.15, 0.2) is 0 Å². The van der Waals surface area contributed by atoms with Gasteiger partial charge in [0.05, 0.1) is 0 Å². The summed E-state index contributed by atoms with van der Waals surface area (Å²) >= 11 is 1.87. The minimum atomic E-state index is 0.0129. The molecule has 0 radical (unpaired) electrons. The van der Waals surface area contributed by atoms with Crippen LogP contribution in [0.5, 0.6) is 0 Å². The molecule has 0 unspecified atom stereocenters. The van der Waals surface area contributed by atoms with E-state index in [0.717, 1.165) is 12.1 Å². The Balaban J connectivity index is 1.90. The van der Waals surface area contributed by atoms with E-state index in [1.165, 1.54) is 19.3 Å². The molecule has 18 heavy (non-hydrogen) atoms. The maximum absolute atomic E-state index is 12.0. The molecule has 0 saturated heterocycles. The lowest BCUT2D eigenvalue weighted by atomic mass is 9.84. The summed E-state index contributed by atoms with van der Waals surface area (Å²) in [5.41, 5.74) is 7.29. The van der Waals surface area contributed by atoms with Crippen LogP contribution in [0.1, 0.15) is 35.2 Å². The first-order valence-corrected chi connectivity index (χ1v) is 7.54. The van der Waals surface area contributed by atoms with Crippen LogP contribution in [0.3, 0.4) is 0 Å². The van der Waals surface area contributed by atoms with Crippen molar-refractivity contribution in [2.45, 2.75) is 30.6 Å². The first-order valence-electron chi connectivity index (χ1n) is 6.31. The second kappa shape index (κ2) is 5.76. The summed E-state index contributed by atoms with van der Waals surface area (Å²) < 4.78 is 0.285. The normalized spacial score (nSPS) is 17.0. The summed E-state index contributed by atoms with van der Waals surface area (Å²) in [7, 11) is 0. The molecular weight excluding hydrogens is 244 g/mol. The summed E-state index contributed by atoms with van der Waals surface area (Å²) in [5, 5.41) is 3.04. The van der Waals surface area contributed by atoms with Gasteiger partial charge in [-0.2, -0.15) is 11.8 Å². The summed E-state index contributed by atoms with van der Waals surface area (Å²) in [6.45, 7) is 1.28. The molecule has 1 aromatic carbocycles. The second-order valence-corrected chi connectivity index (χ2v) is 6.10. The molecule has 3 nitrogen and oxygen atoms in total. The molecule has 0 aromatic heterocycles.